The van der Waals surface area contributed by atoms with Crippen molar-refractivity contribution in [2.24, 2.45) is 5.92 Å². The van der Waals surface area contributed by atoms with Crippen molar-refractivity contribution < 1.29 is 9.53 Å². The van der Waals surface area contributed by atoms with Crippen molar-refractivity contribution in [3.63, 3.8) is 0 Å². The number of amides is 1. The highest BCUT2D eigenvalue weighted by molar-refractivity contribution is 5.74. The Balaban J connectivity index is 1.63. The van der Waals surface area contributed by atoms with Gasteiger partial charge in [-0.3, -0.25) is 4.40 Å². The van der Waals surface area contributed by atoms with Gasteiger partial charge < -0.3 is 15.0 Å². The monoisotopic (exact) mass is 356 g/mol. The number of aromatic nitrogens is 5. The molecule has 4 rings (SSSR count). The number of alkyl carbamates (subject to hydrolysis) is 1. The molecule has 0 aromatic carbocycles. The van der Waals surface area contributed by atoms with E-state index in [9.17, 15) is 4.79 Å². The topological polar surface area (TPSA) is 97.2 Å². The third kappa shape index (κ3) is 2.89. The van der Waals surface area contributed by atoms with Gasteiger partial charge in [0.2, 0.25) is 0 Å². The van der Waals surface area contributed by atoms with Crippen molar-refractivity contribution in [3.05, 3.63) is 24.3 Å². The van der Waals surface area contributed by atoms with E-state index in [1.165, 1.54) is 0 Å². The molecule has 3 atom stereocenters. The number of hydrogen-bond acceptors (Lipinski definition) is 5. The van der Waals surface area contributed by atoms with E-state index < -0.39 is 0 Å². The minimum absolute atomic E-state index is 0.0899. The molecule has 0 aliphatic heterocycles. The third-order valence-corrected chi connectivity index (χ3v) is 5.18. The first-order chi connectivity index (χ1) is 12.6. The highest BCUT2D eigenvalue weighted by Crippen LogP contribution is 2.41. The van der Waals surface area contributed by atoms with E-state index in [2.05, 4.69) is 36.8 Å². The third-order valence-electron chi connectivity index (χ3n) is 5.18. The maximum absolute atomic E-state index is 12.0. The minimum Gasteiger partial charge on any atom is -0.447 e. The molecule has 0 unspecified atom stereocenters. The van der Waals surface area contributed by atoms with Crippen molar-refractivity contribution in [2.75, 3.05) is 0 Å². The summed E-state index contributed by atoms with van der Waals surface area (Å²) in [5.74, 6) is 1.62. The maximum Gasteiger partial charge on any atom is 0.407 e. The summed E-state index contributed by atoms with van der Waals surface area (Å²) in [6, 6.07) is 2.08. The van der Waals surface area contributed by atoms with Gasteiger partial charge in [-0.05, 0) is 38.7 Å². The summed E-state index contributed by atoms with van der Waals surface area (Å²) in [5, 5.41) is 11.8. The first-order valence-corrected chi connectivity index (χ1v) is 9.21. The van der Waals surface area contributed by atoms with Crippen LogP contribution in [0.3, 0.4) is 0 Å². The number of fused-ring (bicyclic) bond motifs is 3. The van der Waals surface area contributed by atoms with Gasteiger partial charge in [0.1, 0.15) is 5.82 Å². The van der Waals surface area contributed by atoms with E-state index in [0.717, 1.165) is 41.9 Å². The molecule has 1 aliphatic rings. The molecule has 1 fully saturated rings. The summed E-state index contributed by atoms with van der Waals surface area (Å²) in [4.78, 5) is 19.5. The molecule has 8 heteroatoms. The van der Waals surface area contributed by atoms with Crippen LogP contribution in [0.2, 0.25) is 0 Å². The van der Waals surface area contributed by atoms with Gasteiger partial charge in [-0.1, -0.05) is 13.3 Å². The number of carbonyl (C=O) groups is 1. The summed E-state index contributed by atoms with van der Waals surface area (Å²) >= 11 is 0. The highest BCUT2D eigenvalue weighted by atomic mass is 16.6. The smallest absolute Gasteiger partial charge is 0.407 e. The number of carbonyl (C=O) groups excluding carboxylic acids is 1. The zero-order valence-electron chi connectivity index (χ0n) is 15.3. The molecule has 1 amide bonds. The van der Waals surface area contributed by atoms with Crippen LogP contribution < -0.4 is 5.32 Å². The van der Waals surface area contributed by atoms with Crippen LogP contribution in [0.25, 0.3) is 16.8 Å². The fourth-order valence-corrected chi connectivity index (χ4v) is 4.06. The molecular weight excluding hydrogens is 332 g/mol. The maximum atomic E-state index is 12.0. The standard InChI is InChI=1S/C18H24N6O2/c1-4-11-7-12(21-18(25)26-10(2)3)8-13(11)17-23-22-15-9-20-16-14(24(15)17)5-6-19-16/h5-6,9-13,19H,4,7-8H2,1-3H3,(H,21,25)/t11-,12+,13+/m1/s1. The van der Waals surface area contributed by atoms with Gasteiger partial charge in [0, 0.05) is 18.2 Å². The lowest BCUT2D eigenvalue weighted by Gasteiger charge is -2.16. The summed E-state index contributed by atoms with van der Waals surface area (Å²) in [7, 11) is 0. The summed E-state index contributed by atoms with van der Waals surface area (Å²) in [6.45, 7) is 5.89. The predicted molar refractivity (Wildman–Crippen MR) is 96.9 cm³/mol. The number of ether oxygens (including phenoxy) is 1. The first-order valence-electron chi connectivity index (χ1n) is 9.21. The van der Waals surface area contributed by atoms with Crippen molar-refractivity contribution in [1.29, 1.82) is 0 Å². The van der Waals surface area contributed by atoms with Crippen LogP contribution in [0.15, 0.2) is 18.5 Å². The average molecular weight is 356 g/mol. The first kappa shape index (κ1) is 16.8. The molecule has 1 saturated carbocycles. The predicted octanol–water partition coefficient (Wildman–Crippen LogP) is 3.01. The number of nitrogens with zero attached hydrogens (tertiary/aromatic N) is 4. The lowest BCUT2D eigenvalue weighted by molar-refractivity contribution is 0.112. The molecule has 8 nitrogen and oxygen atoms in total. The van der Waals surface area contributed by atoms with Crippen molar-refractivity contribution in [2.45, 2.75) is 58.1 Å². The van der Waals surface area contributed by atoms with Gasteiger partial charge in [0.15, 0.2) is 11.3 Å². The van der Waals surface area contributed by atoms with E-state index >= 15 is 0 Å². The Kier molecular flexibility index (Phi) is 4.26. The van der Waals surface area contributed by atoms with E-state index in [4.69, 9.17) is 4.74 Å². The van der Waals surface area contributed by atoms with Crippen molar-refractivity contribution >= 4 is 22.9 Å². The molecule has 26 heavy (non-hydrogen) atoms. The van der Waals surface area contributed by atoms with Crippen LogP contribution in [0.4, 0.5) is 4.79 Å². The fourth-order valence-electron chi connectivity index (χ4n) is 4.06. The van der Waals surface area contributed by atoms with Gasteiger partial charge >= 0.3 is 6.09 Å². The molecule has 0 radical (unpaired) electrons. The zero-order chi connectivity index (χ0) is 18.3. The van der Waals surface area contributed by atoms with Gasteiger partial charge in [-0.25, -0.2) is 9.78 Å². The number of nitrogens with one attached hydrogen (secondary N) is 2. The number of aromatic amines is 1. The summed E-state index contributed by atoms with van der Waals surface area (Å²) in [6.07, 6.45) is 5.93. The average Bonchev–Trinajstić information content (AvgIpc) is 3.29. The lowest BCUT2D eigenvalue weighted by Crippen LogP contribution is -2.34. The van der Waals surface area contributed by atoms with E-state index in [-0.39, 0.29) is 24.2 Å². The molecule has 3 heterocycles. The summed E-state index contributed by atoms with van der Waals surface area (Å²) in [5.41, 5.74) is 2.55. The number of H-pyrrole nitrogens is 1. The second kappa shape index (κ2) is 6.59. The van der Waals surface area contributed by atoms with Crippen LogP contribution in [0.5, 0.6) is 0 Å². The van der Waals surface area contributed by atoms with Gasteiger partial charge in [0.25, 0.3) is 0 Å². The fraction of sp³-hybridized carbons (Fsp3) is 0.556. The second-order valence-electron chi connectivity index (χ2n) is 7.26. The normalized spacial score (nSPS) is 23.2. The van der Waals surface area contributed by atoms with E-state index in [0.29, 0.717) is 5.92 Å². The molecule has 1 aliphatic carbocycles. The molecule has 3 aromatic rings. The largest absolute Gasteiger partial charge is 0.447 e. The van der Waals surface area contributed by atoms with Gasteiger partial charge in [0.05, 0.1) is 17.8 Å². The van der Waals surface area contributed by atoms with Crippen LogP contribution >= 0.6 is 0 Å². The molecule has 0 spiro atoms. The van der Waals surface area contributed by atoms with E-state index in [1.807, 2.05) is 26.1 Å². The molecule has 2 N–H and O–H groups in total. The number of rotatable bonds is 4. The quantitative estimate of drug-likeness (QED) is 0.749. The summed E-state index contributed by atoms with van der Waals surface area (Å²) < 4.78 is 7.31. The molecular formula is C18H24N6O2. The Labute approximate surface area is 151 Å². The molecule has 3 aromatic heterocycles. The molecule has 0 saturated heterocycles. The Morgan fingerprint density at radius 3 is 3.04 bits per heavy atom. The molecule has 0 bridgehead atoms. The van der Waals surface area contributed by atoms with Crippen molar-refractivity contribution in [3.8, 4) is 0 Å². The van der Waals surface area contributed by atoms with Crippen LogP contribution in [0.1, 0.15) is 51.8 Å². The van der Waals surface area contributed by atoms with Gasteiger partial charge in [-0.2, -0.15) is 0 Å². The zero-order valence-corrected chi connectivity index (χ0v) is 15.3. The van der Waals surface area contributed by atoms with E-state index in [1.54, 1.807) is 6.20 Å². The molecule has 138 valence electrons. The second-order valence-corrected chi connectivity index (χ2v) is 7.26. The van der Waals surface area contributed by atoms with Crippen LogP contribution in [0, 0.1) is 5.92 Å². The van der Waals surface area contributed by atoms with Crippen LogP contribution in [-0.2, 0) is 4.74 Å². The number of hydrogen-bond donors (Lipinski definition) is 2. The highest BCUT2D eigenvalue weighted by Gasteiger charge is 2.38. The van der Waals surface area contributed by atoms with Crippen LogP contribution in [-0.4, -0.2) is 42.8 Å². The lowest BCUT2D eigenvalue weighted by atomic mass is 9.93. The minimum atomic E-state index is -0.344. The Bertz CT molecular complexity index is 930. The Morgan fingerprint density at radius 2 is 2.27 bits per heavy atom. The Hall–Kier alpha value is -2.64. The van der Waals surface area contributed by atoms with Crippen molar-refractivity contribution in [1.82, 2.24) is 29.9 Å². The Morgan fingerprint density at radius 1 is 1.42 bits per heavy atom. The SMILES string of the molecule is CC[C@@H]1C[C@H](NC(=O)OC(C)C)C[C@@H]1c1nnc2cnc3[nH]ccc3n12. The van der Waals surface area contributed by atoms with Gasteiger partial charge in [-0.15, -0.1) is 10.2 Å².